The summed E-state index contributed by atoms with van der Waals surface area (Å²) in [6, 6.07) is 14.9. The first-order chi connectivity index (χ1) is 14.4. The topological polar surface area (TPSA) is 57.7 Å². The van der Waals surface area contributed by atoms with Gasteiger partial charge in [0.1, 0.15) is 5.82 Å². The van der Waals surface area contributed by atoms with Gasteiger partial charge >= 0.3 is 0 Å². The molecule has 0 unspecified atom stereocenters. The molecule has 0 aromatic heterocycles. The van der Waals surface area contributed by atoms with Crippen LogP contribution in [0.1, 0.15) is 37.7 Å². The molecule has 0 bridgehead atoms. The Morgan fingerprint density at radius 3 is 2.17 bits per heavy atom. The summed E-state index contributed by atoms with van der Waals surface area (Å²) in [4.78, 5) is 15.6. The number of carbonyl (C=O) groups excluding carboxylic acids is 1. The lowest BCUT2D eigenvalue weighted by Crippen LogP contribution is -2.47. The first-order valence-corrected chi connectivity index (χ1v) is 12.0. The molecule has 0 N–H and O–H groups in total. The van der Waals surface area contributed by atoms with Crippen molar-refractivity contribution in [3.05, 3.63) is 66.0 Å². The highest BCUT2D eigenvalue weighted by Crippen LogP contribution is 2.42. The molecule has 1 heterocycles. The van der Waals surface area contributed by atoms with Crippen molar-refractivity contribution in [1.29, 1.82) is 0 Å². The van der Waals surface area contributed by atoms with Gasteiger partial charge in [0.2, 0.25) is 15.9 Å². The summed E-state index contributed by atoms with van der Waals surface area (Å²) in [7, 11) is -3.71. The molecule has 1 saturated heterocycles. The zero-order chi connectivity index (χ0) is 21.2. The molecule has 30 heavy (non-hydrogen) atoms. The van der Waals surface area contributed by atoms with Crippen LogP contribution in [-0.4, -0.2) is 49.7 Å². The van der Waals surface area contributed by atoms with E-state index in [0.29, 0.717) is 26.1 Å². The largest absolute Gasteiger partial charge is 0.341 e. The van der Waals surface area contributed by atoms with E-state index >= 15 is 0 Å². The third kappa shape index (κ3) is 3.88. The Morgan fingerprint density at radius 2 is 1.50 bits per heavy atom. The number of halogens is 1. The molecule has 2 aromatic carbocycles. The highest BCUT2D eigenvalue weighted by molar-refractivity contribution is 7.89. The second kappa shape index (κ2) is 8.47. The van der Waals surface area contributed by atoms with Crippen LogP contribution in [0.5, 0.6) is 0 Å². The highest BCUT2D eigenvalue weighted by atomic mass is 32.2. The van der Waals surface area contributed by atoms with Gasteiger partial charge in [-0.05, 0) is 49.1 Å². The van der Waals surface area contributed by atoms with E-state index in [1.807, 2.05) is 35.2 Å². The van der Waals surface area contributed by atoms with Crippen LogP contribution in [0.4, 0.5) is 4.39 Å². The van der Waals surface area contributed by atoms with Gasteiger partial charge in [0.25, 0.3) is 0 Å². The monoisotopic (exact) mass is 430 g/mol. The molecule has 1 aliphatic carbocycles. The normalized spacial score (nSPS) is 20.1. The molecule has 0 radical (unpaired) electrons. The number of nitrogens with zero attached hydrogens (tertiary/aromatic N) is 2. The van der Waals surface area contributed by atoms with Crippen molar-refractivity contribution in [3.63, 3.8) is 0 Å². The predicted octanol–water partition coefficient (Wildman–Crippen LogP) is 3.56. The maximum absolute atomic E-state index is 13.7. The standard InChI is InChI=1S/C23H27FN2O3S/c24-20-9-11-21(12-10-20)30(28,29)26-16-6-15-25(17-18-26)22(27)23(13-4-5-14-23)19-7-2-1-3-8-19/h1-3,7-12H,4-6,13-18H2. The second-order valence-corrected chi connectivity index (χ2v) is 10.1. The lowest BCUT2D eigenvalue weighted by Gasteiger charge is -2.34. The van der Waals surface area contributed by atoms with Crippen LogP contribution in [0.2, 0.25) is 0 Å². The molecule has 160 valence electrons. The molecule has 2 aromatic rings. The van der Waals surface area contributed by atoms with Gasteiger partial charge in [0, 0.05) is 26.2 Å². The average molecular weight is 431 g/mol. The molecule has 7 heteroatoms. The number of amides is 1. The summed E-state index contributed by atoms with van der Waals surface area (Å²) in [5.74, 6) is -0.350. The minimum absolute atomic E-state index is 0.0835. The van der Waals surface area contributed by atoms with Gasteiger partial charge in [-0.3, -0.25) is 4.79 Å². The first-order valence-electron chi connectivity index (χ1n) is 10.5. The average Bonchev–Trinajstić information content (AvgIpc) is 3.13. The summed E-state index contributed by atoms with van der Waals surface area (Å²) in [5, 5.41) is 0. The summed E-state index contributed by atoms with van der Waals surface area (Å²) in [6.45, 7) is 1.51. The number of carbonyl (C=O) groups is 1. The Labute approximate surface area is 177 Å². The van der Waals surface area contributed by atoms with Gasteiger partial charge in [0.15, 0.2) is 0 Å². The lowest BCUT2D eigenvalue weighted by molar-refractivity contribution is -0.137. The Balaban J connectivity index is 1.52. The van der Waals surface area contributed by atoms with Crippen molar-refractivity contribution in [2.24, 2.45) is 0 Å². The minimum atomic E-state index is -3.71. The second-order valence-electron chi connectivity index (χ2n) is 8.16. The summed E-state index contributed by atoms with van der Waals surface area (Å²) in [5.41, 5.74) is 0.569. The van der Waals surface area contributed by atoms with Gasteiger partial charge in [-0.15, -0.1) is 0 Å². The summed E-state index contributed by atoms with van der Waals surface area (Å²) in [6.07, 6.45) is 4.31. The van der Waals surface area contributed by atoms with E-state index in [-0.39, 0.29) is 17.3 Å². The Morgan fingerprint density at radius 1 is 0.833 bits per heavy atom. The first kappa shape index (κ1) is 21.0. The van der Waals surface area contributed by atoms with E-state index in [4.69, 9.17) is 0 Å². The third-order valence-corrected chi connectivity index (χ3v) is 8.30. The minimum Gasteiger partial charge on any atom is -0.341 e. The number of benzene rings is 2. The van der Waals surface area contributed by atoms with Gasteiger partial charge < -0.3 is 4.90 Å². The molecule has 5 nitrogen and oxygen atoms in total. The number of rotatable bonds is 4. The Bertz CT molecular complexity index is 987. The molecule has 0 atom stereocenters. The SMILES string of the molecule is O=C(N1CCCN(S(=O)(=O)c2ccc(F)cc2)CC1)C1(c2ccccc2)CCCC1. The van der Waals surface area contributed by atoms with Crippen molar-refractivity contribution < 1.29 is 17.6 Å². The fourth-order valence-corrected chi connectivity index (χ4v) is 6.23. The zero-order valence-corrected chi connectivity index (χ0v) is 17.8. The summed E-state index contributed by atoms with van der Waals surface area (Å²) < 4.78 is 40.5. The molecule has 0 spiro atoms. The van der Waals surface area contributed by atoms with Gasteiger partial charge in [0.05, 0.1) is 10.3 Å². The van der Waals surface area contributed by atoms with Crippen LogP contribution in [0.25, 0.3) is 0 Å². The van der Waals surface area contributed by atoms with E-state index in [1.165, 1.54) is 16.4 Å². The van der Waals surface area contributed by atoms with E-state index in [0.717, 1.165) is 43.4 Å². The Kier molecular flexibility index (Phi) is 5.93. The highest BCUT2D eigenvalue weighted by Gasteiger charge is 2.45. The van der Waals surface area contributed by atoms with E-state index in [1.54, 1.807) is 0 Å². The smallest absolute Gasteiger partial charge is 0.243 e. The van der Waals surface area contributed by atoms with Crippen molar-refractivity contribution >= 4 is 15.9 Å². The van der Waals surface area contributed by atoms with Crippen molar-refractivity contribution in [1.82, 2.24) is 9.21 Å². The van der Waals surface area contributed by atoms with Crippen LogP contribution >= 0.6 is 0 Å². The fraction of sp³-hybridized carbons (Fsp3) is 0.435. The zero-order valence-electron chi connectivity index (χ0n) is 17.0. The van der Waals surface area contributed by atoms with Crippen LogP contribution in [-0.2, 0) is 20.2 Å². The third-order valence-electron chi connectivity index (χ3n) is 6.39. The molecular weight excluding hydrogens is 403 g/mol. The summed E-state index contributed by atoms with van der Waals surface area (Å²) >= 11 is 0. The number of hydrogen-bond donors (Lipinski definition) is 0. The van der Waals surface area contributed by atoms with E-state index < -0.39 is 21.3 Å². The maximum atomic E-state index is 13.7. The van der Waals surface area contributed by atoms with Crippen molar-refractivity contribution in [3.8, 4) is 0 Å². The van der Waals surface area contributed by atoms with Crippen molar-refractivity contribution in [2.45, 2.75) is 42.4 Å². The quantitative estimate of drug-likeness (QED) is 0.745. The maximum Gasteiger partial charge on any atom is 0.243 e. The molecule has 1 saturated carbocycles. The van der Waals surface area contributed by atoms with E-state index in [2.05, 4.69) is 0 Å². The number of hydrogen-bond acceptors (Lipinski definition) is 3. The number of sulfonamides is 1. The molecular formula is C23H27FN2O3S. The fourth-order valence-electron chi connectivity index (χ4n) is 4.76. The van der Waals surface area contributed by atoms with Gasteiger partial charge in [-0.1, -0.05) is 43.2 Å². The predicted molar refractivity (Wildman–Crippen MR) is 113 cm³/mol. The van der Waals surface area contributed by atoms with Crippen molar-refractivity contribution in [2.75, 3.05) is 26.2 Å². The van der Waals surface area contributed by atoms with Crippen LogP contribution in [0, 0.1) is 5.82 Å². The van der Waals surface area contributed by atoms with Gasteiger partial charge in [-0.2, -0.15) is 4.31 Å². The van der Waals surface area contributed by atoms with Crippen LogP contribution in [0.15, 0.2) is 59.5 Å². The van der Waals surface area contributed by atoms with Crippen LogP contribution < -0.4 is 0 Å². The molecule has 2 aliphatic rings. The van der Waals surface area contributed by atoms with E-state index in [9.17, 15) is 17.6 Å². The van der Waals surface area contributed by atoms with Crippen LogP contribution in [0.3, 0.4) is 0 Å². The Hall–Kier alpha value is -2.25. The molecule has 1 aliphatic heterocycles. The van der Waals surface area contributed by atoms with Gasteiger partial charge in [-0.25, -0.2) is 12.8 Å². The molecule has 1 amide bonds. The molecule has 4 rings (SSSR count). The lowest BCUT2D eigenvalue weighted by atomic mass is 9.77. The molecule has 2 fully saturated rings.